The van der Waals surface area contributed by atoms with Crippen molar-refractivity contribution < 1.29 is 9.15 Å². The van der Waals surface area contributed by atoms with Crippen LogP contribution in [0.2, 0.25) is 0 Å². The molecule has 2 aromatic carbocycles. The van der Waals surface area contributed by atoms with Crippen molar-refractivity contribution in [1.82, 2.24) is 4.90 Å². The van der Waals surface area contributed by atoms with Gasteiger partial charge in [0.1, 0.15) is 12.0 Å². The van der Waals surface area contributed by atoms with Crippen molar-refractivity contribution in [2.75, 3.05) is 32.1 Å². The summed E-state index contributed by atoms with van der Waals surface area (Å²) >= 11 is 0. The van der Waals surface area contributed by atoms with Gasteiger partial charge in [0, 0.05) is 24.4 Å². The first-order valence-corrected chi connectivity index (χ1v) is 8.85. The number of likely N-dealkylation sites (tertiary alicyclic amines) is 1. The summed E-state index contributed by atoms with van der Waals surface area (Å²) in [6, 6.07) is 14.7. The number of furan rings is 1. The van der Waals surface area contributed by atoms with Crippen LogP contribution in [-0.2, 0) is 6.54 Å². The van der Waals surface area contributed by atoms with Crippen molar-refractivity contribution in [2.45, 2.75) is 19.4 Å². The van der Waals surface area contributed by atoms with Gasteiger partial charge < -0.3 is 14.1 Å². The fraction of sp³-hybridized carbons (Fsp3) is 0.333. The summed E-state index contributed by atoms with van der Waals surface area (Å²) in [6.45, 7) is 3.38. The van der Waals surface area contributed by atoms with Crippen molar-refractivity contribution in [3.8, 4) is 5.75 Å². The molecule has 1 aliphatic heterocycles. The molecule has 0 unspecified atom stereocenters. The Morgan fingerprint density at radius 1 is 1.12 bits per heavy atom. The first kappa shape index (κ1) is 16.0. The number of rotatable bonds is 5. The van der Waals surface area contributed by atoms with Crippen LogP contribution in [0.1, 0.15) is 18.4 Å². The van der Waals surface area contributed by atoms with E-state index in [1.54, 1.807) is 7.11 Å². The summed E-state index contributed by atoms with van der Waals surface area (Å²) in [5, 5.41) is 2.22. The van der Waals surface area contributed by atoms with E-state index in [1.807, 2.05) is 25.4 Å². The first-order valence-electron chi connectivity index (χ1n) is 8.85. The second-order valence-electron chi connectivity index (χ2n) is 6.68. The molecule has 1 fully saturated rings. The fourth-order valence-electron chi connectivity index (χ4n) is 3.64. The molecule has 1 aromatic heterocycles. The van der Waals surface area contributed by atoms with Gasteiger partial charge in [-0.25, -0.2) is 0 Å². The van der Waals surface area contributed by atoms with Crippen LogP contribution in [0.25, 0.3) is 10.8 Å². The second-order valence-corrected chi connectivity index (χ2v) is 6.68. The Hall–Kier alpha value is -2.46. The minimum Gasteiger partial charge on any atom is -0.495 e. The summed E-state index contributed by atoms with van der Waals surface area (Å²) in [5.74, 6) is 1.69. The number of hydrogen-bond donors (Lipinski definition) is 0. The standard InChI is InChI=1S/C21H24N2O2/c1-22(21-18-8-4-3-7-17(18)15-25-21)19-13-16(9-10-20(19)24-2)14-23-11-5-6-12-23/h3-4,7-10,13,15H,5-6,11-12,14H2,1-2H3. The summed E-state index contributed by atoms with van der Waals surface area (Å²) < 4.78 is 11.5. The lowest BCUT2D eigenvalue weighted by Gasteiger charge is -2.22. The number of methoxy groups -OCH3 is 1. The van der Waals surface area contributed by atoms with E-state index in [9.17, 15) is 0 Å². The molecule has 0 spiro atoms. The van der Waals surface area contributed by atoms with Crippen LogP contribution < -0.4 is 9.64 Å². The maximum absolute atomic E-state index is 5.86. The van der Waals surface area contributed by atoms with Crippen molar-refractivity contribution in [2.24, 2.45) is 0 Å². The minimum absolute atomic E-state index is 0.840. The number of benzene rings is 2. The SMILES string of the molecule is COc1ccc(CN2CCCC2)cc1N(C)c1occ2ccccc12. The number of nitrogens with zero attached hydrogens (tertiary/aromatic N) is 2. The predicted molar refractivity (Wildman–Crippen MR) is 102 cm³/mol. The Labute approximate surface area is 148 Å². The molecule has 130 valence electrons. The van der Waals surface area contributed by atoms with Gasteiger partial charge in [-0.1, -0.05) is 24.3 Å². The average molecular weight is 336 g/mol. The molecule has 3 aromatic rings. The molecular formula is C21H24N2O2. The summed E-state index contributed by atoms with van der Waals surface area (Å²) in [6.07, 6.45) is 4.42. The molecule has 25 heavy (non-hydrogen) atoms. The number of anilines is 2. The van der Waals surface area contributed by atoms with Gasteiger partial charge in [-0.15, -0.1) is 0 Å². The van der Waals surface area contributed by atoms with Gasteiger partial charge in [-0.3, -0.25) is 4.90 Å². The fourth-order valence-corrected chi connectivity index (χ4v) is 3.64. The molecule has 0 N–H and O–H groups in total. The lowest BCUT2D eigenvalue weighted by atomic mass is 10.1. The molecule has 4 heteroatoms. The highest BCUT2D eigenvalue weighted by atomic mass is 16.5. The third kappa shape index (κ3) is 3.10. The van der Waals surface area contributed by atoms with Crippen LogP contribution in [-0.4, -0.2) is 32.1 Å². The van der Waals surface area contributed by atoms with E-state index in [-0.39, 0.29) is 0 Å². The predicted octanol–water partition coefficient (Wildman–Crippen LogP) is 4.81. The number of ether oxygens (including phenoxy) is 1. The zero-order valence-electron chi connectivity index (χ0n) is 14.9. The van der Waals surface area contributed by atoms with Gasteiger partial charge in [0.05, 0.1) is 12.8 Å². The van der Waals surface area contributed by atoms with Gasteiger partial charge in [0.25, 0.3) is 0 Å². The molecule has 0 radical (unpaired) electrons. The number of fused-ring (bicyclic) bond motifs is 1. The van der Waals surface area contributed by atoms with Crippen LogP contribution in [0.5, 0.6) is 5.75 Å². The third-order valence-electron chi connectivity index (χ3n) is 5.00. The van der Waals surface area contributed by atoms with Crippen molar-refractivity contribution >= 4 is 22.3 Å². The third-order valence-corrected chi connectivity index (χ3v) is 5.00. The van der Waals surface area contributed by atoms with Gasteiger partial charge in [0.15, 0.2) is 0 Å². The van der Waals surface area contributed by atoms with E-state index in [0.29, 0.717) is 0 Å². The largest absolute Gasteiger partial charge is 0.495 e. The lowest BCUT2D eigenvalue weighted by molar-refractivity contribution is 0.331. The minimum atomic E-state index is 0.840. The normalized spacial score (nSPS) is 15.0. The van der Waals surface area contributed by atoms with E-state index in [1.165, 1.54) is 31.5 Å². The molecule has 4 nitrogen and oxygen atoms in total. The molecule has 0 atom stereocenters. The highest BCUT2D eigenvalue weighted by Gasteiger charge is 2.18. The Balaban J connectivity index is 1.69. The smallest absolute Gasteiger partial charge is 0.207 e. The van der Waals surface area contributed by atoms with Crippen molar-refractivity contribution in [3.63, 3.8) is 0 Å². The first-order chi connectivity index (χ1) is 12.3. The van der Waals surface area contributed by atoms with Crippen LogP contribution >= 0.6 is 0 Å². The van der Waals surface area contributed by atoms with Crippen LogP contribution in [0, 0.1) is 0 Å². The van der Waals surface area contributed by atoms with Crippen LogP contribution in [0.15, 0.2) is 53.1 Å². The van der Waals surface area contributed by atoms with Crippen molar-refractivity contribution in [1.29, 1.82) is 0 Å². The van der Waals surface area contributed by atoms with E-state index in [4.69, 9.17) is 9.15 Å². The number of hydrogen-bond acceptors (Lipinski definition) is 4. The van der Waals surface area contributed by atoms with Gasteiger partial charge in [-0.2, -0.15) is 0 Å². The lowest BCUT2D eigenvalue weighted by Crippen LogP contribution is -2.19. The van der Waals surface area contributed by atoms with Crippen LogP contribution in [0.3, 0.4) is 0 Å². The monoisotopic (exact) mass is 336 g/mol. The maximum Gasteiger partial charge on any atom is 0.207 e. The van der Waals surface area contributed by atoms with Gasteiger partial charge >= 0.3 is 0 Å². The highest BCUT2D eigenvalue weighted by molar-refractivity contribution is 5.93. The topological polar surface area (TPSA) is 28.9 Å². The molecular weight excluding hydrogens is 312 g/mol. The summed E-state index contributed by atoms with van der Waals surface area (Å²) in [7, 11) is 3.75. The molecule has 0 saturated carbocycles. The zero-order valence-corrected chi connectivity index (χ0v) is 14.9. The molecule has 0 aliphatic carbocycles. The van der Waals surface area contributed by atoms with E-state index in [2.05, 4.69) is 40.1 Å². The molecule has 2 heterocycles. The van der Waals surface area contributed by atoms with Crippen LogP contribution in [0.4, 0.5) is 11.6 Å². The maximum atomic E-state index is 5.86. The molecule has 0 bridgehead atoms. The quantitative estimate of drug-likeness (QED) is 0.669. The molecule has 0 amide bonds. The molecule has 1 saturated heterocycles. The van der Waals surface area contributed by atoms with E-state index >= 15 is 0 Å². The van der Waals surface area contributed by atoms with E-state index < -0.39 is 0 Å². The van der Waals surface area contributed by atoms with Gasteiger partial charge in [-0.05, 0) is 49.7 Å². The summed E-state index contributed by atoms with van der Waals surface area (Å²) in [4.78, 5) is 4.59. The van der Waals surface area contributed by atoms with Gasteiger partial charge in [0.2, 0.25) is 5.88 Å². The Morgan fingerprint density at radius 3 is 2.72 bits per heavy atom. The highest BCUT2D eigenvalue weighted by Crippen LogP contribution is 2.38. The Morgan fingerprint density at radius 2 is 1.92 bits per heavy atom. The Kier molecular flexibility index (Phi) is 4.36. The summed E-state index contributed by atoms with van der Waals surface area (Å²) in [5.41, 5.74) is 2.33. The van der Waals surface area contributed by atoms with E-state index in [0.717, 1.165) is 34.6 Å². The molecule has 4 rings (SSSR count). The molecule has 1 aliphatic rings. The average Bonchev–Trinajstić information content (AvgIpc) is 3.30. The van der Waals surface area contributed by atoms with Crippen molar-refractivity contribution in [3.05, 3.63) is 54.3 Å². The zero-order chi connectivity index (χ0) is 17.2. The second kappa shape index (κ2) is 6.81. The Bertz CT molecular complexity index is 865.